The molecule has 5 N–H and O–H groups in total. The van der Waals surface area contributed by atoms with Crippen LogP contribution in [0.1, 0.15) is 19.8 Å². The highest BCUT2D eigenvalue weighted by molar-refractivity contribution is 8.14. The molecule has 1 amide bonds. The second-order valence-corrected chi connectivity index (χ2v) is 6.11. The van der Waals surface area contributed by atoms with Gasteiger partial charge in [-0.25, -0.2) is 0 Å². The van der Waals surface area contributed by atoms with Crippen molar-refractivity contribution >= 4 is 34.5 Å². The van der Waals surface area contributed by atoms with E-state index in [9.17, 15) is 14.4 Å². The number of hydrogen-bond donors (Lipinski definition) is 4. The van der Waals surface area contributed by atoms with Crippen LogP contribution >= 0.6 is 11.8 Å². The second-order valence-electron chi connectivity index (χ2n) is 4.96. The lowest BCUT2D eigenvalue weighted by Crippen LogP contribution is -2.43. The van der Waals surface area contributed by atoms with Gasteiger partial charge in [0.15, 0.2) is 16.9 Å². The maximum atomic E-state index is 11.7. The van der Waals surface area contributed by atoms with Gasteiger partial charge in [0.25, 0.3) is 0 Å². The van der Waals surface area contributed by atoms with Gasteiger partial charge in [-0.3, -0.25) is 19.8 Å². The Bertz CT molecular complexity index is 414. The SMILES string of the molecule is CC(=O)SCC(=O)CNC(=O)C(N)CCCNC(=N)N(C)C. The van der Waals surface area contributed by atoms with Crippen LogP contribution in [0.4, 0.5) is 0 Å². The van der Waals surface area contributed by atoms with Crippen molar-refractivity contribution in [2.45, 2.75) is 25.8 Å². The third-order valence-electron chi connectivity index (χ3n) is 2.66. The quantitative estimate of drug-likeness (QED) is 0.246. The van der Waals surface area contributed by atoms with Crippen LogP contribution in [0.2, 0.25) is 0 Å². The molecule has 0 rings (SSSR count). The molecule has 0 radical (unpaired) electrons. The zero-order valence-corrected chi connectivity index (χ0v) is 14.1. The van der Waals surface area contributed by atoms with Gasteiger partial charge >= 0.3 is 0 Å². The lowest BCUT2D eigenvalue weighted by molar-refractivity contribution is -0.125. The maximum Gasteiger partial charge on any atom is 0.237 e. The average Bonchev–Trinajstić information content (AvgIpc) is 2.46. The zero-order chi connectivity index (χ0) is 17.1. The lowest BCUT2D eigenvalue weighted by atomic mass is 10.1. The van der Waals surface area contributed by atoms with E-state index in [2.05, 4.69) is 10.6 Å². The van der Waals surface area contributed by atoms with Crippen LogP contribution in [0.15, 0.2) is 0 Å². The van der Waals surface area contributed by atoms with Gasteiger partial charge in [-0.15, -0.1) is 0 Å². The Morgan fingerprint density at radius 2 is 1.91 bits per heavy atom. The third kappa shape index (κ3) is 10.2. The van der Waals surface area contributed by atoms with Crippen molar-refractivity contribution in [2.24, 2.45) is 5.73 Å². The highest BCUT2D eigenvalue weighted by Crippen LogP contribution is 2.00. The first-order valence-electron chi connectivity index (χ1n) is 6.92. The van der Waals surface area contributed by atoms with Gasteiger partial charge in [0.05, 0.1) is 18.3 Å². The zero-order valence-electron chi connectivity index (χ0n) is 13.3. The smallest absolute Gasteiger partial charge is 0.237 e. The number of thioether (sulfide) groups is 1. The molecule has 22 heavy (non-hydrogen) atoms. The van der Waals surface area contributed by atoms with Gasteiger partial charge in [-0.05, 0) is 12.8 Å². The van der Waals surface area contributed by atoms with Crippen LogP contribution in [0, 0.1) is 5.41 Å². The predicted molar refractivity (Wildman–Crippen MR) is 87.8 cm³/mol. The lowest BCUT2D eigenvalue weighted by Gasteiger charge is -2.16. The molecule has 0 bridgehead atoms. The number of amides is 1. The second kappa shape index (κ2) is 11.0. The number of hydrogen-bond acceptors (Lipinski definition) is 6. The Morgan fingerprint density at radius 3 is 2.45 bits per heavy atom. The first-order valence-corrected chi connectivity index (χ1v) is 7.90. The Hall–Kier alpha value is -1.61. The summed E-state index contributed by atoms with van der Waals surface area (Å²) < 4.78 is 0. The number of guanidine groups is 1. The van der Waals surface area contributed by atoms with E-state index in [1.165, 1.54) is 6.92 Å². The minimum atomic E-state index is -0.691. The summed E-state index contributed by atoms with van der Waals surface area (Å²) in [4.78, 5) is 35.4. The minimum Gasteiger partial charge on any atom is -0.356 e. The molecule has 8 nitrogen and oxygen atoms in total. The van der Waals surface area contributed by atoms with Crippen molar-refractivity contribution in [3.8, 4) is 0 Å². The molecular weight excluding hydrogens is 306 g/mol. The summed E-state index contributed by atoms with van der Waals surface area (Å²) in [6.07, 6.45) is 1.09. The van der Waals surface area contributed by atoms with Crippen molar-refractivity contribution in [3.05, 3.63) is 0 Å². The van der Waals surface area contributed by atoms with Crippen LogP contribution in [0.5, 0.6) is 0 Å². The van der Waals surface area contributed by atoms with E-state index >= 15 is 0 Å². The number of carbonyl (C=O) groups is 3. The molecule has 0 saturated heterocycles. The summed E-state index contributed by atoms with van der Waals surface area (Å²) in [6.45, 7) is 1.82. The number of nitrogens with one attached hydrogen (secondary N) is 3. The standard InChI is InChI=1S/C13H25N5O3S/c1-9(19)22-8-10(20)7-17-12(21)11(14)5-4-6-16-13(15)18(2)3/h11H,4-8,14H2,1-3H3,(H2,15,16)(H,17,21). The molecule has 0 heterocycles. The molecule has 0 aliphatic carbocycles. The van der Waals surface area contributed by atoms with Gasteiger partial charge in [0.2, 0.25) is 5.91 Å². The molecule has 9 heteroatoms. The summed E-state index contributed by atoms with van der Waals surface area (Å²) >= 11 is 0.918. The Kier molecular flexibility index (Phi) is 10.2. The molecule has 0 aliphatic heterocycles. The topological polar surface area (TPSA) is 128 Å². The Morgan fingerprint density at radius 1 is 1.27 bits per heavy atom. The largest absolute Gasteiger partial charge is 0.356 e. The van der Waals surface area contributed by atoms with Gasteiger partial charge in [0.1, 0.15) is 0 Å². The molecule has 126 valence electrons. The summed E-state index contributed by atoms with van der Waals surface area (Å²) in [5.41, 5.74) is 5.73. The van der Waals surface area contributed by atoms with Crippen LogP contribution in [-0.2, 0) is 14.4 Å². The molecule has 0 aromatic carbocycles. The van der Waals surface area contributed by atoms with Crippen LogP contribution in [0.3, 0.4) is 0 Å². The first kappa shape index (κ1) is 20.4. The highest BCUT2D eigenvalue weighted by Gasteiger charge is 2.14. The van der Waals surface area contributed by atoms with Crippen LogP contribution in [-0.4, -0.2) is 66.6 Å². The molecule has 0 fully saturated rings. The van der Waals surface area contributed by atoms with Crippen LogP contribution < -0.4 is 16.4 Å². The average molecular weight is 331 g/mol. The van der Waals surface area contributed by atoms with Crippen LogP contribution in [0.25, 0.3) is 0 Å². The number of carbonyl (C=O) groups excluding carboxylic acids is 3. The maximum absolute atomic E-state index is 11.7. The first-order chi connectivity index (χ1) is 10.2. The van der Waals surface area contributed by atoms with E-state index in [-0.39, 0.29) is 29.1 Å². The predicted octanol–water partition coefficient (Wildman–Crippen LogP) is -0.855. The van der Waals surface area contributed by atoms with Gasteiger partial charge in [0, 0.05) is 27.6 Å². The highest BCUT2D eigenvalue weighted by atomic mass is 32.2. The fourth-order valence-corrected chi connectivity index (χ4v) is 1.83. The number of Topliss-reactive ketones (excluding diaryl/α,β-unsaturated/α-hetero) is 1. The fourth-order valence-electron chi connectivity index (χ4n) is 1.37. The molecule has 0 aromatic heterocycles. The molecular formula is C13H25N5O3S. The van der Waals surface area contributed by atoms with Gasteiger partial charge in [-0.2, -0.15) is 0 Å². The van der Waals surface area contributed by atoms with E-state index in [0.29, 0.717) is 25.3 Å². The molecule has 1 unspecified atom stereocenters. The van der Waals surface area contributed by atoms with E-state index in [1.54, 1.807) is 19.0 Å². The summed E-state index contributed by atoms with van der Waals surface area (Å²) in [5.74, 6) is -0.251. The van der Waals surface area contributed by atoms with Crippen molar-refractivity contribution in [2.75, 3.05) is 32.9 Å². The molecule has 0 spiro atoms. The molecule has 0 aromatic rings. The minimum absolute atomic E-state index is 0.0570. The third-order valence-corrected chi connectivity index (χ3v) is 3.54. The van der Waals surface area contributed by atoms with Gasteiger partial charge < -0.3 is 21.3 Å². The number of ketones is 1. The van der Waals surface area contributed by atoms with Gasteiger partial charge in [-0.1, -0.05) is 11.8 Å². The number of nitrogens with two attached hydrogens (primary N) is 1. The number of rotatable bonds is 9. The Balaban J connectivity index is 3.81. The Labute approximate surface area is 135 Å². The van der Waals surface area contributed by atoms with E-state index in [1.807, 2.05) is 0 Å². The van der Waals surface area contributed by atoms with Crippen molar-refractivity contribution in [1.82, 2.24) is 15.5 Å². The molecule has 0 saturated carbocycles. The number of nitrogens with zero attached hydrogens (tertiary/aromatic N) is 1. The van der Waals surface area contributed by atoms with E-state index in [0.717, 1.165) is 11.8 Å². The summed E-state index contributed by atoms with van der Waals surface area (Å²) in [7, 11) is 3.52. The summed E-state index contributed by atoms with van der Waals surface area (Å²) in [6, 6.07) is -0.691. The molecule has 0 aliphatic rings. The van der Waals surface area contributed by atoms with Crippen molar-refractivity contribution < 1.29 is 14.4 Å². The van der Waals surface area contributed by atoms with E-state index < -0.39 is 6.04 Å². The molecule has 1 atom stereocenters. The monoisotopic (exact) mass is 331 g/mol. The normalized spacial score (nSPS) is 11.5. The van der Waals surface area contributed by atoms with Crippen molar-refractivity contribution in [1.29, 1.82) is 5.41 Å². The van der Waals surface area contributed by atoms with E-state index in [4.69, 9.17) is 11.1 Å². The fraction of sp³-hybridized carbons (Fsp3) is 0.692. The van der Waals surface area contributed by atoms with Crippen molar-refractivity contribution in [3.63, 3.8) is 0 Å². The summed E-state index contributed by atoms with van der Waals surface area (Å²) in [5, 5.41) is 12.8.